The lowest BCUT2D eigenvalue weighted by Gasteiger charge is -2.12. The Hall–Kier alpha value is -19.0. The quantitative estimate of drug-likeness (QED) is 0.121. The molecule has 0 spiro atoms. The van der Waals surface area contributed by atoms with Crippen LogP contribution in [0.25, 0.3) is 282 Å². The summed E-state index contributed by atoms with van der Waals surface area (Å²) < 4.78 is 46.4. The first-order valence-corrected chi connectivity index (χ1v) is 47.8. The van der Waals surface area contributed by atoms with Crippen LogP contribution in [0, 0.1) is 0 Å². The van der Waals surface area contributed by atoms with Crippen LogP contribution in [0.2, 0.25) is 0 Å². The Morgan fingerprint density at radius 1 is 0.128 bits per heavy atom. The van der Waals surface area contributed by atoms with E-state index in [4.69, 9.17) is 26.5 Å². The van der Waals surface area contributed by atoms with Crippen molar-refractivity contribution in [3.05, 3.63) is 491 Å². The van der Waals surface area contributed by atoms with Crippen LogP contribution >= 0.6 is 0 Å². The molecule has 9 heterocycles. The zero-order chi connectivity index (χ0) is 92.7. The minimum atomic E-state index is 0.875. The van der Waals surface area contributed by atoms with Crippen molar-refractivity contribution in [2.45, 2.75) is 0 Å². The third kappa shape index (κ3) is 13.3. The maximum atomic E-state index is 6.62. The highest BCUT2D eigenvalue weighted by Gasteiger charge is 2.28. The van der Waals surface area contributed by atoms with E-state index in [0.717, 1.165) is 265 Å². The number of benzene rings is 21. The molecule has 0 amide bonds. The zero-order valence-corrected chi connectivity index (χ0v) is 76.1. The van der Waals surface area contributed by atoms with Crippen molar-refractivity contribution in [3.63, 3.8) is 0 Å². The highest BCUT2D eigenvalue weighted by molar-refractivity contribution is 6.22. The normalized spacial score (nSPS) is 11.8. The lowest BCUT2D eigenvalue weighted by molar-refractivity contribution is 0.669. The molecule has 0 saturated heterocycles. The maximum Gasteiger partial charge on any atom is 0.161 e. The number of nitrogens with zero attached hydrogens (tertiary/aromatic N) is 3. The van der Waals surface area contributed by atoms with Crippen LogP contribution < -0.4 is 0 Å². The molecule has 660 valence electrons. The summed E-state index contributed by atoms with van der Waals surface area (Å²) in [7, 11) is 0. The van der Waals surface area contributed by atoms with E-state index in [1.165, 1.54) is 16.7 Å². The van der Waals surface area contributed by atoms with E-state index < -0.39 is 0 Å². The van der Waals surface area contributed by atoms with Crippen LogP contribution in [0.4, 0.5) is 0 Å². The molecule has 0 aliphatic rings. The SMILES string of the molecule is c1ccc(-c2ccc3c(c2)oc2cc(-c4ccccc4-c4ccc5oc6c7ccccc7n(-c7ccccc7)c6c5c4)ccc23)cc1.c1ccc(-c2ccc3oc4c(-c5ccccc5-c5ccc6oc7c8ccccc8n(-c8ccccc8)c7c6c5)cccc4c3c2)cc1.c1ccc(-c2cccc3c2oc2cccc(-c4ccccc4-c4ccc5oc6c7ccccc7n(-c7ccccc7)c6c5c4)c23)cc1. The van der Waals surface area contributed by atoms with Gasteiger partial charge in [-0.05, 0) is 241 Å². The van der Waals surface area contributed by atoms with Crippen molar-refractivity contribution in [1.82, 2.24) is 13.7 Å². The van der Waals surface area contributed by atoms with Crippen molar-refractivity contribution in [3.8, 4) is 117 Å². The molecule has 30 aromatic rings. The molecule has 0 atom stereocenters. The number of furan rings is 6. The summed E-state index contributed by atoms with van der Waals surface area (Å²) in [5.74, 6) is 0. The molecule has 0 aliphatic carbocycles. The Labute approximate surface area is 807 Å². The molecule has 9 heteroatoms. The molecule has 30 rings (SSSR count). The van der Waals surface area contributed by atoms with Crippen molar-refractivity contribution >= 4 is 165 Å². The fourth-order valence-electron chi connectivity index (χ4n) is 21.9. The Morgan fingerprint density at radius 3 is 0.887 bits per heavy atom. The molecule has 9 aromatic heterocycles. The largest absolute Gasteiger partial charge is 0.456 e. The summed E-state index contributed by atoms with van der Waals surface area (Å²) in [5.41, 5.74) is 41.3. The van der Waals surface area contributed by atoms with Crippen LogP contribution in [-0.4, -0.2) is 13.7 Å². The van der Waals surface area contributed by atoms with E-state index in [1.807, 2.05) is 12.1 Å². The lowest BCUT2D eigenvalue weighted by atomic mass is 9.91. The standard InChI is InChI=1S/3C44H27NO2/c1-3-13-28(14-4-1)32-20-11-22-36-41-34(21-12-24-40(41)47-43(32)36)33-18-8-7-17-31(33)29-25-26-39-37(27-29)42-44(46-39)35-19-9-10-23-38(35)45(42)30-15-5-2-6-16-30;1-3-12-28(13-4-1)29-22-24-40-37(26-29)35-20-11-19-34(43(35)46-40)33-17-8-7-16-32(33)30-23-25-41-38(27-30)42-44(47-41)36-18-9-10-21-39(36)45(42)31-14-5-2-6-15-31;1-3-11-28(12-4-1)29-19-22-35-36-23-20-31(27-42(36)46-41(35)26-29)34-16-8-7-15-33(34)30-21-24-40-38(25-30)43-44(47-40)37-17-9-10-18-39(37)45(43)32-13-5-2-6-14-32/h3*1-27H. The third-order valence-electron chi connectivity index (χ3n) is 28.3. The fraction of sp³-hybridized carbons (Fsp3) is 0. The predicted molar refractivity (Wildman–Crippen MR) is 582 cm³/mol. The van der Waals surface area contributed by atoms with Gasteiger partial charge in [-0.3, -0.25) is 0 Å². The van der Waals surface area contributed by atoms with Gasteiger partial charge in [0.1, 0.15) is 66.8 Å². The Balaban J connectivity index is 0.000000104. The van der Waals surface area contributed by atoms with E-state index >= 15 is 0 Å². The summed E-state index contributed by atoms with van der Waals surface area (Å²) in [5, 5.41) is 13.3. The van der Waals surface area contributed by atoms with Gasteiger partial charge in [-0.15, -0.1) is 0 Å². The molecule has 0 N–H and O–H groups in total. The summed E-state index contributed by atoms with van der Waals surface area (Å²) in [6, 6.07) is 173. The molecular formula is C132H81N3O6. The summed E-state index contributed by atoms with van der Waals surface area (Å²) in [6.07, 6.45) is 0. The smallest absolute Gasteiger partial charge is 0.161 e. The topological polar surface area (TPSA) is 93.6 Å². The number of para-hydroxylation sites is 8. The Morgan fingerprint density at radius 2 is 0.418 bits per heavy atom. The minimum Gasteiger partial charge on any atom is -0.456 e. The molecule has 0 fully saturated rings. The van der Waals surface area contributed by atoms with Crippen LogP contribution in [-0.2, 0) is 0 Å². The summed E-state index contributed by atoms with van der Waals surface area (Å²) >= 11 is 0. The second-order valence-electron chi connectivity index (χ2n) is 36.3. The van der Waals surface area contributed by atoms with Gasteiger partial charge in [-0.1, -0.05) is 340 Å². The molecule has 21 aromatic carbocycles. The van der Waals surface area contributed by atoms with Gasteiger partial charge in [0, 0.05) is 92.8 Å². The average molecular weight is 1810 g/mol. The first kappa shape index (κ1) is 80.5. The Bertz CT molecular complexity index is 10200. The number of fused-ring (bicyclic) bond motifs is 24. The van der Waals surface area contributed by atoms with Crippen LogP contribution in [0.1, 0.15) is 0 Å². The van der Waals surface area contributed by atoms with Gasteiger partial charge in [0.2, 0.25) is 0 Å². The molecule has 0 unspecified atom stereocenters. The third-order valence-corrected chi connectivity index (χ3v) is 28.3. The van der Waals surface area contributed by atoms with Crippen molar-refractivity contribution < 1.29 is 26.5 Å². The number of aromatic nitrogens is 3. The summed E-state index contributed by atoms with van der Waals surface area (Å²) in [4.78, 5) is 0. The zero-order valence-electron chi connectivity index (χ0n) is 76.1. The van der Waals surface area contributed by atoms with Gasteiger partial charge in [0.15, 0.2) is 16.7 Å². The fourth-order valence-corrected chi connectivity index (χ4v) is 21.9. The molecule has 0 bridgehead atoms. The highest BCUT2D eigenvalue weighted by atomic mass is 16.4. The predicted octanol–water partition coefficient (Wildman–Crippen LogP) is 37.3. The van der Waals surface area contributed by atoms with E-state index in [0.29, 0.717) is 0 Å². The average Bonchev–Trinajstić information content (AvgIpc) is 1.57. The van der Waals surface area contributed by atoms with E-state index in [2.05, 4.69) is 493 Å². The first-order valence-electron chi connectivity index (χ1n) is 47.8. The van der Waals surface area contributed by atoms with Gasteiger partial charge in [-0.25, -0.2) is 0 Å². The summed E-state index contributed by atoms with van der Waals surface area (Å²) in [6.45, 7) is 0. The molecule has 141 heavy (non-hydrogen) atoms. The molecular weight excluding hydrogens is 1720 g/mol. The van der Waals surface area contributed by atoms with Gasteiger partial charge >= 0.3 is 0 Å². The van der Waals surface area contributed by atoms with Crippen molar-refractivity contribution in [1.29, 1.82) is 0 Å². The monoisotopic (exact) mass is 1800 g/mol. The molecule has 0 saturated carbocycles. The second kappa shape index (κ2) is 33.0. The van der Waals surface area contributed by atoms with Gasteiger partial charge < -0.3 is 40.2 Å². The van der Waals surface area contributed by atoms with Crippen molar-refractivity contribution in [2.75, 3.05) is 0 Å². The van der Waals surface area contributed by atoms with Crippen LogP contribution in [0.15, 0.2) is 518 Å². The van der Waals surface area contributed by atoms with Gasteiger partial charge in [0.25, 0.3) is 0 Å². The minimum absolute atomic E-state index is 0.875. The number of hydrogen-bond donors (Lipinski definition) is 0. The van der Waals surface area contributed by atoms with Gasteiger partial charge in [-0.2, -0.15) is 0 Å². The van der Waals surface area contributed by atoms with E-state index in [-0.39, 0.29) is 0 Å². The van der Waals surface area contributed by atoms with E-state index in [1.54, 1.807) is 0 Å². The number of hydrogen-bond acceptors (Lipinski definition) is 6. The second-order valence-corrected chi connectivity index (χ2v) is 36.3. The molecule has 9 nitrogen and oxygen atoms in total. The van der Waals surface area contributed by atoms with Crippen LogP contribution in [0.5, 0.6) is 0 Å². The Kier molecular flexibility index (Phi) is 18.8. The van der Waals surface area contributed by atoms with Gasteiger partial charge in [0.05, 0.1) is 16.6 Å². The first-order chi connectivity index (χ1) is 69.9. The maximum absolute atomic E-state index is 6.62. The molecule has 0 radical (unpaired) electrons. The highest BCUT2D eigenvalue weighted by Crippen LogP contribution is 2.51. The number of rotatable bonds is 12. The van der Waals surface area contributed by atoms with E-state index in [9.17, 15) is 0 Å². The van der Waals surface area contributed by atoms with Crippen molar-refractivity contribution in [2.24, 2.45) is 0 Å². The molecule has 0 aliphatic heterocycles. The van der Waals surface area contributed by atoms with Crippen LogP contribution in [0.3, 0.4) is 0 Å². The lowest BCUT2D eigenvalue weighted by Crippen LogP contribution is -1.93.